The Morgan fingerprint density at radius 2 is 1.80 bits per heavy atom. The van der Waals surface area contributed by atoms with Gasteiger partial charge >= 0.3 is 12.0 Å². The van der Waals surface area contributed by atoms with Crippen LogP contribution < -0.4 is 10.6 Å². The summed E-state index contributed by atoms with van der Waals surface area (Å²) in [5.41, 5.74) is 0.976. The molecule has 0 saturated carbocycles. The van der Waals surface area contributed by atoms with Crippen LogP contribution in [0.15, 0.2) is 54.6 Å². The lowest BCUT2D eigenvalue weighted by Gasteiger charge is -2.19. The molecular weight excluding hydrogens is 410 g/mol. The first-order chi connectivity index (χ1) is 14.5. The van der Waals surface area contributed by atoms with Crippen molar-refractivity contribution in [1.29, 1.82) is 0 Å². The number of carbonyl (C=O) groups excluding carboxylic acids is 4. The smallest absolute Gasteiger partial charge is 0.324 e. The number of ether oxygens (including phenoxy) is 1. The van der Waals surface area contributed by atoms with Gasteiger partial charge in [0.25, 0.3) is 11.8 Å². The van der Waals surface area contributed by atoms with Gasteiger partial charge < -0.3 is 15.4 Å². The number of halogens is 1. The van der Waals surface area contributed by atoms with Crippen LogP contribution in [0.3, 0.4) is 0 Å². The number of hydrogen-bond acceptors (Lipinski definition) is 5. The molecule has 9 heteroatoms. The second-order valence-electron chi connectivity index (χ2n) is 6.56. The summed E-state index contributed by atoms with van der Waals surface area (Å²) in [5.74, 6) is -1.72. The SMILES string of the molecule is O=C(CC(NC(=O)c1ccccc1Cl)c1ccccc1)OCC(=O)N1CCNC1=O. The van der Waals surface area contributed by atoms with Crippen molar-refractivity contribution in [3.05, 3.63) is 70.7 Å². The number of rotatable bonds is 7. The van der Waals surface area contributed by atoms with Crippen molar-refractivity contribution in [3.63, 3.8) is 0 Å². The highest BCUT2D eigenvalue weighted by Crippen LogP contribution is 2.20. The Labute approximate surface area is 178 Å². The molecule has 2 aromatic carbocycles. The van der Waals surface area contributed by atoms with Gasteiger partial charge in [0.1, 0.15) is 0 Å². The van der Waals surface area contributed by atoms with Gasteiger partial charge in [0.05, 0.1) is 23.0 Å². The van der Waals surface area contributed by atoms with E-state index < -0.39 is 36.5 Å². The van der Waals surface area contributed by atoms with Gasteiger partial charge in [-0.05, 0) is 17.7 Å². The number of hydrogen-bond donors (Lipinski definition) is 2. The fourth-order valence-corrected chi connectivity index (χ4v) is 3.20. The van der Waals surface area contributed by atoms with Gasteiger partial charge in [0.2, 0.25) is 0 Å². The first-order valence-corrected chi connectivity index (χ1v) is 9.67. The van der Waals surface area contributed by atoms with Gasteiger partial charge in [0, 0.05) is 13.1 Å². The zero-order chi connectivity index (χ0) is 21.5. The summed E-state index contributed by atoms with van der Waals surface area (Å²) in [6.45, 7) is 0.0463. The van der Waals surface area contributed by atoms with E-state index in [0.29, 0.717) is 17.1 Å². The van der Waals surface area contributed by atoms with Crippen LogP contribution in [0.1, 0.15) is 28.4 Å². The van der Waals surface area contributed by atoms with Crippen LogP contribution in [0.5, 0.6) is 0 Å². The molecule has 156 valence electrons. The summed E-state index contributed by atoms with van der Waals surface area (Å²) in [7, 11) is 0. The molecule has 1 unspecified atom stereocenters. The van der Waals surface area contributed by atoms with Crippen molar-refractivity contribution in [2.24, 2.45) is 0 Å². The summed E-state index contributed by atoms with van der Waals surface area (Å²) in [6, 6.07) is 14.3. The minimum absolute atomic E-state index is 0.195. The highest BCUT2D eigenvalue weighted by atomic mass is 35.5. The van der Waals surface area contributed by atoms with Crippen molar-refractivity contribution >= 4 is 35.4 Å². The Kier molecular flexibility index (Phi) is 7.03. The maximum Gasteiger partial charge on any atom is 0.324 e. The first kappa shape index (κ1) is 21.3. The standard InChI is InChI=1S/C21H20ClN3O5/c22-16-9-5-4-8-15(16)20(28)24-17(14-6-2-1-3-7-14)12-19(27)30-13-18(26)25-11-10-23-21(25)29/h1-9,17H,10-13H2,(H,23,29)(H,24,28). The third-order valence-corrected chi connectivity index (χ3v) is 4.84. The van der Waals surface area contributed by atoms with Gasteiger partial charge in [0.15, 0.2) is 6.61 Å². The average Bonchev–Trinajstić information content (AvgIpc) is 3.18. The molecule has 2 aromatic rings. The predicted molar refractivity (Wildman–Crippen MR) is 109 cm³/mol. The topological polar surface area (TPSA) is 105 Å². The van der Waals surface area contributed by atoms with Crippen LogP contribution in [0, 0.1) is 0 Å². The Morgan fingerprint density at radius 3 is 2.47 bits per heavy atom. The molecule has 3 rings (SSSR count). The summed E-state index contributed by atoms with van der Waals surface area (Å²) in [5, 5.41) is 5.58. The van der Waals surface area contributed by atoms with Crippen molar-refractivity contribution in [2.45, 2.75) is 12.5 Å². The van der Waals surface area contributed by atoms with Crippen LogP contribution in [0.4, 0.5) is 4.79 Å². The molecule has 1 saturated heterocycles. The minimum atomic E-state index is -0.687. The zero-order valence-electron chi connectivity index (χ0n) is 16.0. The van der Waals surface area contributed by atoms with Crippen LogP contribution >= 0.6 is 11.6 Å². The minimum Gasteiger partial charge on any atom is -0.455 e. The third kappa shape index (κ3) is 5.36. The Bertz CT molecular complexity index is 951. The zero-order valence-corrected chi connectivity index (χ0v) is 16.7. The van der Waals surface area contributed by atoms with Crippen molar-refractivity contribution in [3.8, 4) is 0 Å². The van der Waals surface area contributed by atoms with Gasteiger partial charge in [-0.25, -0.2) is 4.79 Å². The van der Waals surface area contributed by atoms with E-state index in [1.807, 2.05) is 6.07 Å². The molecule has 30 heavy (non-hydrogen) atoms. The maximum absolute atomic E-state index is 12.7. The van der Waals surface area contributed by atoms with Crippen LogP contribution in [0.2, 0.25) is 5.02 Å². The molecule has 1 atom stereocenters. The van der Waals surface area contributed by atoms with Gasteiger partial charge in [-0.2, -0.15) is 0 Å². The lowest BCUT2D eigenvalue weighted by Crippen LogP contribution is -2.37. The second-order valence-corrected chi connectivity index (χ2v) is 6.97. The number of amides is 4. The number of nitrogens with one attached hydrogen (secondary N) is 2. The summed E-state index contributed by atoms with van der Waals surface area (Å²) < 4.78 is 5.04. The number of esters is 1. The quantitative estimate of drug-likeness (QED) is 0.657. The molecule has 0 aromatic heterocycles. The maximum atomic E-state index is 12.7. The highest BCUT2D eigenvalue weighted by Gasteiger charge is 2.27. The van der Waals surface area contributed by atoms with Crippen LogP contribution in [-0.2, 0) is 14.3 Å². The Balaban J connectivity index is 1.65. The normalized spacial score (nSPS) is 14.0. The van der Waals surface area contributed by atoms with Crippen molar-refractivity contribution in [2.75, 3.05) is 19.7 Å². The molecule has 0 bridgehead atoms. The van der Waals surface area contributed by atoms with E-state index in [1.54, 1.807) is 48.5 Å². The molecule has 8 nitrogen and oxygen atoms in total. The lowest BCUT2D eigenvalue weighted by atomic mass is 10.0. The number of imide groups is 1. The third-order valence-electron chi connectivity index (χ3n) is 4.51. The molecule has 1 aliphatic heterocycles. The van der Waals surface area contributed by atoms with Gasteiger partial charge in [-0.1, -0.05) is 54.1 Å². The molecule has 0 radical (unpaired) electrons. The number of nitrogens with zero attached hydrogens (tertiary/aromatic N) is 1. The highest BCUT2D eigenvalue weighted by molar-refractivity contribution is 6.33. The Morgan fingerprint density at radius 1 is 1.10 bits per heavy atom. The molecule has 4 amide bonds. The summed E-state index contributed by atoms with van der Waals surface area (Å²) in [6.07, 6.45) is -0.195. The van der Waals surface area contributed by atoms with E-state index >= 15 is 0 Å². The lowest BCUT2D eigenvalue weighted by molar-refractivity contribution is -0.151. The number of urea groups is 1. The molecule has 1 heterocycles. The van der Waals surface area contributed by atoms with E-state index in [-0.39, 0.29) is 18.5 Å². The summed E-state index contributed by atoms with van der Waals surface area (Å²) in [4.78, 5) is 49.5. The monoisotopic (exact) mass is 429 g/mol. The number of benzene rings is 2. The molecule has 1 aliphatic rings. The second kappa shape index (κ2) is 9.89. The van der Waals surface area contributed by atoms with Crippen LogP contribution in [-0.4, -0.2) is 48.4 Å². The Hall–Kier alpha value is -3.39. The number of carbonyl (C=O) groups is 4. The van der Waals surface area contributed by atoms with E-state index in [1.165, 1.54) is 0 Å². The van der Waals surface area contributed by atoms with Gasteiger partial charge in [-0.15, -0.1) is 0 Å². The fraction of sp³-hybridized carbons (Fsp3) is 0.238. The molecular formula is C21H20ClN3O5. The predicted octanol–water partition coefficient (Wildman–Crippen LogP) is 2.30. The molecule has 2 N–H and O–H groups in total. The molecule has 1 fully saturated rings. The largest absolute Gasteiger partial charge is 0.455 e. The average molecular weight is 430 g/mol. The first-order valence-electron chi connectivity index (χ1n) is 9.30. The van der Waals surface area contributed by atoms with Gasteiger partial charge in [-0.3, -0.25) is 19.3 Å². The summed E-state index contributed by atoms with van der Waals surface area (Å²) >= 11 is 6.09. The van der Waals surface area contributed by atoms with Crippen molar-refractivity contribution in [1.82, 2.24) is 15.5 Å². The fourth-order valence-electron chi connectivity index (χ4n) is 2.97. The van der Waals surface area contributed by atoms with Crippen LogP contribution in [0.25, 0.3) is 0 Å². The van der Waals surface area contributed by atoms with E-state index in [4.69, 9.17) is 16.3 Å². The van der Waals surface area contributed by atoms with E-state index in [2.05, 4.69) is 10.6 Å². The van der Waals surface area contributed by atoms with E-state index in [9.17, 15) is 19.2 Å². The van der Waals surface area contributed by atoms with E-state index in [0.717, 1.165) is 4.90 Å². The van der Waals surface area contributed by atoms with Crippen molar-refractivity contribution < 1.29 is 23.9 Å². The molecule has 0 spiro atoms. The molecule has 0 aliphatic carbocycles.